The van der Waals surface area contributed by atoms with Crippen LogP contribution in [0, 0.1) is 5.92 Å². The molecular weight excluding hydrogens is 176 g/mol. The van der Waals surface area contributed by atoms with Gasteiger partial charge in [0.05, 0.1) is 0 Å². The molecule has 0 amide bonds. The highest BCUT2D eigenvalue weighted by Crippen LogP contribution is 2.31. The SMILES string of the molecule is CC(C)C(O)(c1cccnc1)C(C)N. The first-order chi connectivity index (χ1) is 6.49. The summed E-state index contributed by atoms with van der Waals surface area (Å²) >= 11 is 0. The van der Waals surface area contributed by atoms with Gasteiger partial charge in [-0.05, 0) is 18.9 Å². The van der Waals surface area contributed by atoms with Crippen LogP contribution in [0.3, 0.4) is 0 Å². The normalized spacial score (nSPS) is 17.9. The molecule has 0 aliphatic rings. The average molecular weight is 194 g/mol. The summed E-state index contributed by atoms with van der Waals surface area (Å²) in [6.45, 7) is 5.72. The first-order valence-corrected chi connectivity index (χ1v) is 4.88. The first-order valence-electron chi connectivity index (χ1n) is 4.88. The van der Waals surface area contributed by atoms with Gasteiger partial charge in [-0.15, -0.1) is 0 Å². The van der Waals surface area contributed by atoms with Gasteiger partial charge in [0.2, 0.25) is 0 Å². The number of nitrogens with two attached hydrogens (primary N) is 1. The smallest absolute Gasteiger partial charge is 0.108 e. The quantitative estimate of drug-likeness (QED) is 0.762. The number of nitrogens with zero attached hydrogens (tertiary/aromatic N) is 1. The van der Waals surface area contributed by atoms with E-state index in [0.29, 0.717) is 0 Å². The highest BCUT2D eigenvalue weighted by atomic mass is 16.3. The van der Waals surface area contributed by atoms with Crippen molar-refractivity contribution in [1.82, 2.24) is 4.98 Å². The molecule has 2 atom stereocenters. The van der Waals surface area contributed by atoms with Crippen LogP contribution in [0.25, 0.3) is 0 Å². The maximum Gasteiger partial charge on any atom is 0.108 e. The largest absolute Gasteiger partial charge is 0.383 e. The van der Waals surface area contributed by atoms with Crippen LogP contribution in [-0.4, -0.2) is 16.1 Å². The molecule has 1 aromatic heterocycles. The van der Waals surface area contributed by atoms with Crippen molar-refractivity contribution in [3.8, 4) is 0 Å². The lowest BCUT2D eigenvalue weighted by atomic mass is 9.79. The van der Waals surface area contributed by atoms with Crippen molar-refractivity contribution in [3.63, 3.8) is 0 Å². The second-order valence-electron chi connectivity index (χ2n) is 4.01. The molecule has 0 bridgehead atoms. The molecule has 0 aromatic carbocycles. The molecule has 0 radical (unpaired) electrons. The van der Waals surface area contributed by atoms with Gasteiger partial charge in [0, 0.05) is 24.0 Å². The van der Waals surface area contributed by atoms with Gasteiger partial charge in [-0.1, -0.05) is 19.9 Å². The molecule has 0 aliphatic heterocycles. The Labute approximate surface area is 85.0 Å². The average Bonchev–Trinajstić information content (AvgIpc) is 2.17. The molecule has 0 saturated heterocycles. The van der Waals surface area contributed by atoms with E-state index in [-0.39, 0.29) is 12.0 Å². The van der Waals surface area contributed by atoms with Crippen LogP contribution in [0.4, 0.5) is 0 Å². The van der Waals surface area contributed by atoms with Gasteiger partial charge < -0.3 is 10.8 Å². The lowest BCUT2D eigenvalue weighted by Gasteiger charge is -2.36. The summed E-state index contributed by atoms with van der Waals surface area (Å²) in [6, 6.07) is 3.35. The number of aromatic nitrogens is 1. The molecule has 0 fully saturated rings. The predicted molar refractivity (Wildman–Crippen MR) is 56.6 cm³/mol. The lowest BCUT2D eigenvalue weighted by Crippen LogP contribution is -2.47. The number of hydrogen-bond donors (Lipinski definition) is 2. The van der Waals surface area contributed by atoms with Crippen LogP contribution in [0.15, 0.2) is 24.5 Å². The first kappa shape index (κ1) is 11.1. The highest BCUT2D eigenvalue weighted by molar-refractivity contribution is 5.21. The van der Waals surface area contributed by atoms with E-state index in [4.69, 9.17) is 5.73 Å². The molecular formula is C11H18N2O. The Morgan fingerprint density at radius 2 is 2.07 bits per heavy atom. The zero-order valence-corrected chi connectivity index (χ0v) is 8.94. The third-order valence-electron chi connectivity index (χ3n) is 2.70. The fourth-order valence-corrected chi connectivity index (χ4v) is 1.72. The second kappa shape index (κ2) is 4.07. The van der Waals surface area contributed by atoms with Gasteiger partial charge >= 0.3 is 0 Å². The van der Waals surface area contributed by atoms with E-state index in [1.165, 1.54) is 0 Å². The van der Waals surface area contributed by atoms with Crippen LogP contribution in [0.1, 0.15) is 26.3 Å². The third-order valence-corrected chi connectivity index (χ3v) is 2.70. The van der Waals surface area contributed by atoms with Gasteiger partial charge in [0.1, 0.15) is 5.60 Å². The maximum absolute atomic E-state index is 10.5. The van der Waals surface area contributed by atoms with Crippen LogP contribution in [-0.2, 0) is 5.60 Å². The highest BCUT2D eigenvalue weighted by Gasteiger charge is 2.37. The molecule has 0 spiro atoms. The van der Waals surface area contributed by atoms with Crippen molar-refractivity contribution >= 4 is 0 Å². The molecule has 1 heterocycles. The molecule has 1 aromatic rings. The molecule has 14 heavy (non-hydrogen) atoms. The Balaban J connectivity index is 3.13. The molecule has 2 unspecified atom stereocenters. The van der Waals surface area contributed by atoms with E-state index in [0.717, 1.165) is 5.56 Å². The van der Waals surface area contributed by atoms with Crippen molar-refractivity contribution in [3.05, 3.63) is 30.1 Å². The summed E-state index contributed by atoms with van der Waals surface area (Å²) in [5, 5.41) is 10.5. The summed E-state index contributed by atoms with van der Waals surface area (Å²) in [7, 11) is 0. The number of rotatable bonds is 3. The number of pyridine rings is 1. The Hall–Kier alpha value is -0.930. The molecule has 3 nitrogen and oxygen atoms in total. The molecule has 3 heteroatoms. The van der Waals surface area contributed by atoms with Gasteiger partial charge in [-0.3, -0.25) is 4.98 Å². The predicted octanol–water partition coefficient (Wildman–Crippen LogP) is 1.27. The summed E-state index contributed by atoms with van der Waals surface area (Å²) in [4.78, 5) is 4.00. The molecule has 78 valence electrons. The third kappa shape index (κ3) is 1.79. The number of aliphatic hydroxyl groups is 1. The van der Waals surface area contributed by atoms with Crippen molar-refractivity contribution in [1.29, 1.82) is 0 Å². The minimum Gasteiger partial charge on any atom is -0.383 e. The Bertz CT molecular complexity index is 275. The van der Waals surface area contributed by atoms with Crippen LogP contribution >= 0.6 is 0 Å². The van der Waals surface area contributed by atoms with E-state index in [1.54, 1.807) is 12.4 Å². The van der Waals surface area contributed by atoms with Crippen LogP contribution in [0.5, 0.6) is 0 Å². The Morgan fingerprint density at radius 1 is 1.43 bits per heavy atom. The van der Waals surface area contributed by atoms with Crippen molar-refractivity contribution in [2.75, 3.05) is 0 Å². The maximum atomic E-state index is 10.5. The van der Waals surface area contributed by atoms with Crippen LogP contribution < -0.4 is 5.73 Å². The van der Waals surface area contributed by atoms with E-state index in [1.807, 2.05) is 32.9 Å². The van der Waals surface area contributed by atoms with E-state index >= 15 is 0 Å². The summed E-state index contributed by atoms with van der Waals surface area (Å²) in [5.74, 6) is 0.0618. The zero-order chi connectivity index (χ0) is 10.8. The van der Waals surface area contributed by atoms with E-state index < -0.39 is 5.60 Å². The Morgan fingerprint density at radius 3 is 2.43 bits per heavy atom. The topological polar surface area (TPSA) is 59.1 Å². The van der Waals surface area contributed by atoms with Gasteiger partial charge in [0.15, 0.2) is 0 Å². The molecule has 0 saturated carbocycles. The fourth-order valence-electron chi connectivity index (χ4n) is 1.72. The summed E-state index contributed by atoms with van der Waals surface area (Å²) in [6.07, 6.45) is 3.36. The lowest BCUT2D eigenvalue weighted by molar-refractivity contribution is -0.0298. The van der Waals surface area contributed by atoms with Crippen LogP contribution in [0.2, 0.25) is 0 Å². The molecule has 0 aliphatic carbocycles. The minimum absolute atomic E-state index is 0.0618. The molecule has 3 N–H and O–H groups in total. The van der Waals surface area contributed by atoms with Gasteiger partial charge in [0.25, 0.3) is 0 Å². The monoisotopic (exact) mass is 194 g/mol. The van der Waals surface area contributed by atoms with E-state index in [2.05, 4.69) is 4.98 Å². The van der Waals surface area contributed by atoms with Crippen molar-refractivity contribution in [2.24, 2.45) is 11.7 Å². The van der Waals surface area contributed by atoms with Gasteiger partial charge in [-0.2, -0.15) is 0 Å². The fraction of sp³-hybridized carbons (Fsp3) is 0.545. The summed E-state index contributed by atoms with van der Waals surface area (Å²) in [5.41, 5.74) is 5.62. The van der Waals surface area contributed by atoms with E-state index in [9.17, 15) is 5.11 Å². The minimum atomic E-state index is -0.992. The summed E-state index contributed by atoms with van der Waals surface area (Å²) < 4.78 is 0. The second-order valence-corrected chi connectivity index (χ2v) is 4.01. The Kier molecular flexibility index (Phi) is 3.24. The van der Waals surface area contributed by atoms with Crippen molar-refractivity contribution < 1.29 is 5.11 Å². The van der Waals surface area contributed by atoms with Crippen molar-refractivity contribution in [2.45, 2.75) is 32.4 Å². The zero-order valence-electron chi connectivity index (χ0n) is 8.94. The number of hydrogen-bond acceptors (Lipinski definition) is 3. The van der Waals surface area contributed by atoms with Gasteiger partial charge in [-0.25, -0.2) is 0 Å². The molecule has 1 rings (SSSR count). The standard InChI is InChI=1S/C11H18N2O/c1-8(2)11(14,9(3)12)10-5-4-6-13-7-10/h4-9,14H,12H2,1-3H3.